The molecule has 1 saturated heterocycles. The molecule has 1 spiro atoms. The lowest BCUT2D eigenvalue weighted by atomic mass is 9.44. The first-order valence-corrected chi connectivity index (χ1v) is 12.4. The standard InChI is InChI=1S/C26H34O4/c1-4-29-20(27)7-10-25-19-12-16(19)22-21-15-11-18(15)24(28)13-14(2)5-8-23(24,3)17(21)6-9-26(22,25)30-25/h14-19,21-22,28H,4-6,8-9,11-13H2,1-3H3/t14-,15-,16+,17?,18+,19-,21?,22?,23+,24+,25-,26+/m0/s1. The summed E-state index contributed by atoms with van der Waals surface area (Å²) in [6.45, 7) is 6.95. The minimum absolute atomic E-state index is 0.0601. The van der Waals surface area contributed by atoms with Crippen LogP contribution in [0.1, 0.15) is 65.7 Å². The summed E-state index contributed by atoms with van der Waals surface area (Å²) in [5.74, 6) is 10.6. The summed E-state index contributed by atoms with van der Waals surface area (Å²) in [6.07, 6.45) is 8.07. The molecule has 0 bridgehead atoms. The van der Waals surface area contributed by atoms with Gasteiger partial charge in [-0.05, 0) is 98.7 Å². The van der Waals surface area contributed by atoms with Gasteiger partial charge < -0.3 is 14.6 Å². The number of hydrogen-bond acceptors (Lipinski definition) is 4. The molecule has 0 radical (unpaired) electrons. The van der Waals surface area contributed by atoms with Crippen molar-refractivity contribution in [2.75, 3.05) is 6.61 Å². The molecule has 4 nitrogen and oxygen atoms in total. The van der Waals surface area contributed by atoms with Gasteiger partial charge in [-0.1, -0.05) is 19.8 Å². The Balaban J connectivity index is 1.24. The number of hydrogen-bond donors (Lipinski definition) is 1. The molecular formula is C26H34O4. The fourth-order valence-corrected chi connectivity index (χ4v) is 9.95. The predicted molar refractivity (Wildman–Crippen MR) is 110 cm³/mol. The second-order valence-corrected chi connectivity index (χ2v) is 12.1. The molecule has 30 heavy (non-hydrogen) atoms. The Kier molecular flexibility index (Phi) is 3.26. The second-order valence-electron chi connectivity index (χ2n) is 12.1. The topological polar surface area (TPSA) is 59.1 Å². The van der Waals surface area contributed by atoms with E-state index in [2.05, 4.69) is 25.7 Å². The summed E-state index contributed by atoms with van der Waals surface area (Å²) >= 11 is 0. The van der Waals surface area contributed by atoms with E-state index in [0.717, 1.165) is 25.2 Å². The second kappa shape index (κ2) is 5.29. The number of rotatable bonds is 1. The van der Waals surface area contributed by atoms with Crippen molar-refractivity contribution in [2.45, 2.75) is 82.5 Å². The Hall–Kier alpha value is -1.05. The maximum atomic E-state index is 12.0. The quantitative estimate of drug-likeness (QED) is 0.311. The van der Waals surface area contributed by atoms with E-state index in [0.29, 0.717) is 48.0 Å². The van der Waals surface area contributed by atoms with Crippen molar-refractivity contribution in [3.63, 3.8) is 0 Å². The van der Waals surface area contributed by atoms with Crippen molar-refractivity contribution in [2.24, 2.45) is 52.8 Å². The van der Waals surface area contributed by atoms with Crippen LogP contribution in [0.4, 0.5) is 0 Å². The molecule has 1 heterocycles. The molecular weight excluding hydrogens is 376 g/mol. The van der Waals surface area contributed by atoms with Gasteiger partial charge in [-0.3, -0.25) is 0 Å². The van der Waals surface area contributed by atoms with Crippen LogP contribution in [-0.2, 0) is 14.3 Å². The van der Waals surface area contributed by atoms with E-state index in [4.69, 9.17) is 9.47 Å². The molecule has 12 atom stereocenters. The number of esters is 1. The summed E-state index contributed by atoms with van der Waals surface area (Å²) in [5.41, 5.74) is -0.874. The predicted octanol–water partition coefficient (Wildman–Crippen LogP) is 3.56. The third kappa shape index (κ3) is 1.85. The van der Waals surface area contributed by atoms with Crippen molar-refractivity contribution in [1.82, 2.24) is 0 Å². The van der Waals surface area contributed by atoms with Crippen molar-refractivity contribution >= 4 is 5.97 Å². The lowest BCUT2D eigenvalue weighted by Crippen LogP contribution is -2.63. The van der Waals surface area contributed by atoms with Gasteiger partial charge in [0.25, 0.3) is 0 Å². The number of epoxide rings is 1. The van der Waals surface area contributed by atoms with Gasteiger partial charge in [0.2, 0.25) is 0 Å². The minimum atomic E-state index is -0.451. The molecule has 3 unspecified atom stereocenters. The highest BCUT2D eigenvalue weighted by Gasteiger charge is 2.91. The van der Waals surface area contributed by atoms with Crippen LogP contribution in [0, 0.1) is 64.6 Å². The van der Waals surface area contributed by atoms with Crippen LogP contribution in [-0.4, -0.2) is 34.5 Å². The van der Waals surface area contributed by atoms with Crippen LogP contribution in [0.3, 0.4) is 0 Å². The monoisotopic (exact) mass is 410 g/mol. The largest absolute Gasteiger partial charge is 0.456 e. The highest BCUT2D eigenvalue weighted by atomic mass is 16.6. The molecule has 162 valence electrons. The Morgan fingerprint density at radius 1 is 1.17 bits per heavy atom. The Morgan fingerprint density at radius 2 is 1.97 bits per heavy atom. The first-order chi connectivity index (χ1) is 14.3. The number of ether oxygens (including phenoxy) is 2. The van der Waals surface area contributed by atoms with Gasteiger partial charge in [0, 0.05) is 11.8 Å². The Bertz CT molecular complexity index is 902. The number of carbonyl (C=O) groups is 1. The maximum absolute atomic E-state index is 12.0. The third-order valence-electron chi connectivity index (χ3n) is 11.2. The molecule has 6 saturated carbocycles. The smallest absolute Gasteiger partial charge is 0.384 e. The van der Waals surface area contributed by atoms with Crippen molar-refractivity contribution in [3.8, 4) is 11.8 Å². The van der Waals surface area contributed by atoms with Crippen LogP contribution in [0.2, 0.25) is 0 Å². The number of carbonyl (C=O) groups excluding carboxylic acids is 1. The normalized spacial score (nSPS) is 62.8. The summed E-state index contributed by atoms with van der Waals surface area (Å²) < 4.78 is 11.7. The van der Waals surface area contributed by atoms with Crippen molar-refractivity contribution in [3.05, 3.63) is 0 Å². The molecule has 1 N–H and O–H groups in total. The molecule has 0 aromatic carbocycles. The first-order valence-electron chi connectivity index (χ1n) is 12.4. The molecule has 0 amide bonds. The summed E-state index contributed by atoms with van der Waals surface area (Å²) in [6, 6.07) is 0. The fraction of sp³-hybridized carbons (Fsp3) is 0.885. The zero-order valence-electron chi connectivity index (χ0n) is 18.4. The lowest BCUT2D eigenvalue weighted by Gasteiger charge is -2.62. The molecule has 0 aromatic rings. The molecule has 7 fully saturated rings. The van der Waals surface area contributed by atoms with E-state index in [1.807, 2.05) is 6.92 Å². The van der Waals surface area contributed by atoms with Gasteiger partial charge in [0.1, 0.15) is 5.60 Å². The fourth-order valence-electron chi connectivity index (χ4n) is 9.95. The molecule has 7 rings (SSSR count). The average molecular weight is 411 g/mol. The van der Waals surface area contributed by atoms with Gasteiger partial charge in [0.15, 0.2) is 5.60 Å². The van der Waals surface area contributed by atoms with E-state index in [1.54, 1.807) is 0 Å². The number of aliphatic hydroxyl groups is 1. The van der Waals surface area contributed by atoms with Crippen LogP contribution in [0.25, 0.3) is 0 Å². The van der Waals surface area contributed by atoms with Crippen LogP contribution >= 0.6 is 0 Å². The van der Waals surface area contributed by atoms with Crippen LogP contribution in [0.5, 0.6) is 0 Å². The van der Waals surface area contributed by atoms with E-state index in [-0.39, 0.29) is 16.6 Å². The SMILES string of the molecule is CCOC(=O)C#C[C@@]12O[C@@]13CCC1C(C3[C@@H]3C[C@@H]32)[C@H]2C[C@H]2[C@]2(O)C[C@@H](C)CC[C@]12C. The Labute approximate surface area is 179 Å². The molecule has 0 aromatic heterocycles. The third-order valence-corrected chi connectivity index (χ3v) is 11.2. The van der Waals surface area contributed by atoms with Gasteiger partial charge in [-0.25, -0.2) is 4.79 Å². The van der Waals surface area contributed by atoms with Crippen molar-refractivity contribution < 1.29 is 19.4 Å². The van der Waals surface area contributed by atoms with Crippen molar-refractivity contribution in [1.29, 1.82) is 0 Å². The number of fused-ring (bicyclic) bond motifs is 10. The minimum Gasteiger partial charge on any atom is -0.456 e. The van der Waals surface area contributed by atoms with E-state index in [9.17, 15) is 9.90 Å². The molecule has 4 heteroatoms. The average Bonchev–Trinajstić information content (AvgIpc) is 3.59. The van der Waals surface area contributed by atoms with Gasteiger partial charge in [-0.15, -0.1) is 0 Å². The molecule has 7 aliphatic rings. The van der Waals surface area contributed by atoms with Gasteiger partial charge >= 0.3 is 5.97 Å². The molecule has 6 aliphatic carbocycles. The van der Waals surface area contributed by atoms with Crippen LogP contribution < -0.4 is 0 Å². The summed E-state index contributed by atoms with van der Waals surface area (Å²) in [4.78, 5) is 11.9. The highest BCUT2D eigenvalue weighted by molar-refractivity contribution is 5.89. The van der Waals surface area contributed by atoms with Crippen LogP contribution in [0.15, 0.2) is 0 Å². The molecule has 1 aliphatic heterocycles. The lowest BCUT2D eigenvalue weighted by molar-refractivity contribution is -0.215. The first kappa shape index (κ1) is 18.5. The summed E-state index contributed by atoms with van der Waals surface area (Å²) in [7, 11) is 0. The van der Waals surface area contributed by atoms with E-state index in [1.165, 1.54) is 25.7 Å². The highest BCUT2D eigenvalue weighted by Crippen LogP contribution is 2.85. The Morgan fingerprint density at radius 3 is 2.77 bits per heavy atom. The van der Waals surface area contributed by atoms with Gasteiger partial charge in [-0.2, -0.15) is 0 Å². The van der Waals surface area contributed by atoms with E-state index >= 15 is 0 Å². The zero-order chi connectivity index (χ0) is 20.7. The summed E-state index contributed by atoms with van der Waals surface area (Å²) in [5, 5.41) is 12.0. The maximum Gasteiger partial charge on any atom is 0.384 e. The van der Waals surface area contributed by atoms with E-state index < -0.39 is 11.6 Å². The zero-order valence-corrected chi connectivity index (χ0v) is 18.4. The van der Waals surface area contributed by atoms with Gasteiger partial charge in [0.05, 0.1) is 12.2 Å².